The maximum Gasteiger partial charge on any atom is 0.308 e. The van der Waals surface area contributed by atoms with Crippen LogP contribution in [-0.2, 0) is 11.2 Å². The summed E-state index contributed by atoms with van der Waals surface area (Å²) in [7, 11) is 0. The summed E-state index contributed by atoms with van der Waals surface area (Å²) in [5, 5.41) is 0. The van der Waals surface area contributed by atoms with Gasteiger partial charge in [-0.2, -0.15) is 0 Å². The maximum atomic E-state index is 12.8. The van der Waals surface area contributed by atoms with Gasteiger partial charge in [0.2, 0.25) is 0 Å². The van der Waals surface area contributed by atoms with Gasteiger partial charge in [0.05, 0.1) is 17.4 Å². The number of ether oxygens (including phenoxy) is 2. The zero-order chi connectivity index (χ0) is 21.1. The summed E-state index contributed by atoms with van der Waals surface area (Å²) >= 11 is 0. The Morgan fingerprint density at radius 3 is 2.80 bits per heavy atom. The van der Waals surface area contributed by atoms with Crippen molar-refractivity contribution >= 4 is 17.4 Å². The van der Waals surface area contributed by atoms with Crippen molar-refractivity contribution in [2.75, 3.05) is 11.4 Å². The number of rotatable bonds is 7. The van der Waals surface area contributed by atoms with E-state index in [-0.39, 0.29) is 17.9 Å². The Labute approximate surface area is 178 Å². The van der Waals surface area contributed by atoms with Crippen LogP contribution in [0.3, 0.4) is 0 Å². The number of carbonyl (C=O) groups is 2. The second-order valence-corrected chi connectivity index (χ2v) is 8.33. The lowest BCUT2D eigenvalue weighted by atomic mass is 9.94. The Morgan fingerprint density at radius 1 is 1.23 bits per heavy atom. The van der Waals surface area contributed by atoms with Crippen molar-refractivity contribution in [2.45, 2.75) is 64.5 Å². The molecule has 0 bridgehead atoms. The molecule has 0 saturated carbocycles. The van der Waals surface area contributed by atoms with E-state index >= 15 is 0 Å². The lowest BCUT2D eigenvalue weighted by Gasteiger charge is -2.34. The molecule has 2 aliphatic heterocycles. The first-order valence-electron chi connectivity index (χ1n) is 10.9. The van der Waals surface area contributed by atoms with E-state index in [9.17, 15) is 9.59 Å². The number of benzene rings is 2. The van der Waals surface area contributed by atoms with E-state index in [1.54, 1.807) is 6.07 Å². The highest BCUT2D eigenvalue weighted by Gasteiger charge is 2.37. The van der Waals surface area contributed by atoms with Gasteiger partial charge in [0, 0.05) is 38.1 Å². The van der Waals surface area contributed by atoms with Crippen LogP contribution < -0.4 is 14.4 Å². The minimum Gasteiger partial charge on any atom is -0.491 e. The van der Waals surface area contributed by atoms with E-state index in [1.807, 2.05) is 12.1 Å². The maximum absolute atomic E-state index is 12.8. The van der Waals surface area contributed by atoms with Crippen molar-refractivity contribution in [3.8, 4) is 11.5 Å². The number of aryl methyl sites for hydroxylation is 1. The number of nitrogens with zero attached hydrogens (tertiary/aromatic N) is 1. The van der Waals surface area contributed by atoms with E-state index in [1.165, 1.54) is 12.5 Å². The van der Waals surface area contributed by atoms with Gasteiger partial charge >= 0.3 is 5.97 Å². The van der Waals surface area contributed by atoms with Crippen LogP contribution in [0.15, 0.2) is 42.5 Å². The summed E-state index contributed by atoms with van der Waals surface area (Å²) in [4.78, 5) is 26.7. The molecule has 2 heterocycles. The minimum absolute atomic E-state index is 0.0191. The molecule has 0 amide bonds. The van der Waals surface area contributed by atoms with E-state index in [0.717, 1.165) is 44.3 Å². The fourth-order valence-corrected chi connectivity index (χ4v) is 4.60. The number of fused-ring (bicyclic) bond motifs is 3. The van der Waals surface area contributed by atoms with Crippen LogP contribution in [0, 0.1) is 0 Å². The molecule has 30 heavy (non-hydrogen) atoms. The van der Waals surface area contributed by atoms with E-state index < -0.39 is 5.97 Å². The molecule has 2 aromatic carbocycles. The molecule has 2 aliphatic rings. The second-order valence-electron chi connectivity index (χ2n) is 8.33. The normalized spacial score (nSPS) is 18.5. The first-order valence-corrected chi connectivity index (χ1v) is 10.9. The Balaban J connectivity index is 1.51. The fourth-order valence-electron chi connectivity index (χ4n) is 4.60. The predicted molar refractivity (Wildman–Crippen MR) is 117 cm³/mol. The van der Waals surface area contributed by atoms with Gasteiger partial charge in [0.25, 0.3) is 0 Å². The van der Waals surface area contributed by atoms with Crippen LogP contribution in [0.25, 0.3) is 0 Å². The van der Waals surface area contributed by atoms with E-state index in [4.69, 9.17) is 9.47 Å². The molecule has 0 radical (unpaired) electrons. The van der Waals surface area contributed by atoms with Crippen molar-refractivity contribution < 1.29 is 19.1 Å². The van der Waals surface area contributed by atoms with Crippen LogP contribution in [0.4, 0.5) is 5.69 Å². The molecule has 0 aromatic heterocycles. The molecular formula is C25H29NO4. The van der Waals surface area contributed by atoms with Gasteiger partial charge in [-0.15, -0.1) is 0 Å². The van der Waals surface area contributed by atoms with Crippen LogP contribution in [0.5, 0.6) is 11.5 Å². The third kappa shape index (κ3) is 4.50. The smallest absolute Gasteiger partial charge is 0.308 e. The molecule has 0 N–H and O–H groups in total. The van der Waals surface area contributed by atoms with Crippen molar-refractivity contribution in [3.05, 3.63) is 53.6 Å². The molecule has 2 aromatic rings. The van der Waals surface area contributed by atoms with E-state index in [0.29, 0.717) is 23.5 Å². The Morgan fingerprint density at radius 2 is 2.03 bits per heavy atom. The lowest BCUT2D eigenvalue weighted by Crippen LogP contribution is -2.37. The van der Waals surface area contributed by atoms with Gasteiger partial charge in [-0.3, -0.25) is 9.59 Å². The van der Waals surface area contributed by atoms with Gasteiger partial charge in [-0.05, 0) is 44.6 Å². The van der Waals surface area contributed by atoms with Crippen LogP contribution >= 0.6 is 0 Å². The van der Waals surface area contributed by atoms with Gasteiger partial charge < -0.3 is 14.4 Å². The molecule has 1 fully saturated rings. The largest absolute Gasteiger partial charge is 0.491 e. The number of carbonyl (C=O) groups excluding carboxylic acids is 2. The van der Waals surface area contributed by atoms with Crippen molar-refractivity contribution in [2.24, 2.45) is 0 Å². The predicted octanol–water partition coefficient (Wildman–Crippen LogP) is 4.96. The first-order chi connectivity index (χ1) is 14.5. The summed E-state index contributed by atoms with van der Waals surface area (Å²) in [5.74, 6) is 0.591. The molecule has 158 valence electrons. The van der Waals surface area contributed by atoms with Crippen molar-refractivity contribution in [1.82, 2.24) is 0 Å². The average molecular weight is 408 g/mol. The first kappa shape index (κ1) is 20.5. The van der Waals surface area contributed by atoms with Gasteiger partial charge in [0.1, 0.15) is 11.5 Å². The van der Waals surface area contributed by atoms with Crippen LogP contribution in [-0.4, -0.2) is 30.4 Å². The fraction of sp³-hybridized carbons (Fsp3) is 0.440. The molecule has 4 rings (SSSR count). The summed E-state index contributed by atoms with van der Waals surface area (Å²) < 4.78 is 11.6. The van der Waals surface area contributed by atoms with Crippen molar-refractivity contribution in [3.63, 3.8) is 0 Å². The third-order valence-electron chi connectivity index (χ3n) is 5.95. The third-order valence-corrected chi connectivity index (χ3v) is 5.95. The van der Waals surface area contributed by atoms with E-state index in [2.05, 4.69) is 36.1 Å². The molecule has 2 atom stereocenters. The monoisotopic (exact) mass is 407 g/mol. The summed E-state index contributed by atoms with van der Waals surface area (Å²) in [6.07, 6.45) is 5.56. The molecule has 1 saturated heterocycles. The number of hydrogen-bond acceptors (Lipinski definition) is 5. The highest BCUT2D eigenvalue weighted by atomic mass is 16.5. The number of Topliss-reactive ketones (excluding diaryl/α,β-unsaturated/α-hetero) is 1. The Hall–Kier alpha value is -2.82. The summed E-state index contributed by atoms with van der Waals surface area (Å²) in [6.45, 7) is 4.33. The zero-order valence-corrected chi connectivity index (χ0v) is 17.7. The Bertz CT molecular complexity index is 924. The molecule has 0 unspecified atom stereocenters. The second kappa shape index (κ2) is 8.90. The number of hydrogen-bond donors (Lipinski definition) is 0. The lowest BCUT2D eigenvalue weighted by molar-refractivity contribution is -0.131. The molecule has 5 nitrogen and oxygen atoms in total. The number of esters is 1. The highest BCUT2D eigenvalue weighted by Crippen LogP contribution is 2.43. The summed E-state index contributed by atoms with van der Waals surface area (Å²) in [5.41, 5.74) is 2.70. The molecule has 0 spiro atoms. The minimum atomic E-state index is -0.429. The SMILES string of the molecule is CC(=O)Oc1cc(O[C@H](C)CCCc2ccccc2)cc2c1C(=O)C[C@@H]1CCCN21. The van der Waals surface area contributed by atoms with Crippen LogP contribution in [0.1, 0.15) is 61.9 Å². The average Bonchev–Trinajstić information content (AvgIpc) is 3.16. The van der Waals surface area contributed by atoms with Crippen molar-refractivity contribution in [1.29, 1.82) is 0 Å². The van der Waals surface area contributed by atoms with Gasteiger partial charge in [-0.1, -0.05) is 30.3 Å². The number of anilines is 1. The molecular weight excluding hydrogens is 378 g/mol. The van der Waals surface area contributed by atoms with Crippen LogP contribution in [0.2, 0.25) is 0 Å². The zero-order valence-electron chi connectivity index (χ0n) is 17.7. The number of ketones is 1. The highest BCUT2D eigenvalue weighted by molar-refractivity contribution is 6.07. The summed E-state index contributed by atoms with van der Waals surface area (Å²) in [6, 6.07) is 14.3. The molecule has 5 heteroatoms. The molecule has 0 aliphatic carbocycles. The standard InChI is InChI=1S/C25H29NO4/c1-17(8-6-11-19-9-4-3-5-10-19)29-21-15-22-25(24(16-21)30-18(2)27)23(28)14-20-12-7-13-26(20)22/h3-5,9-10,15-17,20H,6-8,11-14H2,1-2H3/t17-,20+/m1/s1. The van der Waals surface area contributed by atoms with Gasteiger partial charge in [-0.25, -0.2) is 0 Å². The Kier molecular flexibility index (Phi) is 6.07. The van der Waals surface area contributed by atoms with Gasteiger partial charge in [0.15, 0.2) is 5.78 Å². The topological polar surface area (TPSA) is 55.8 Å². The quantitative estimate of drug-likeness (QED) is 0.480.